The molecule has 2 fully saturated rings. The van der Waals surface area contributed by atoms with E-state index in [0.29, 0.717) is 6.61 Å². The highest BCUT2D eigenvalue weighted by molar-refractivity contribution is 6.73. The summed E-state index contributed by atoms with van der Waals surface area (Å²) in [5, 5.41) is 20.3. The summed E-state index contributed by atoms with van der Waals surface area (Å²) in [5.41, 5.74) is 0. The molecule has 0 aliphatic carbocycles. The van der Waals surface area contributed by atoms with E-state index in [1.165, 1.54) is 7.11 Å². The van der Waals surface area contributed by atoms with Crippen LogP contribution < -0.4 is 0 Å². The van der Waals surface area contributed by atoms with Crippen LogP contribution >= 0.6 is 0 Å². The number of ether oxygens (including phenoxy) is 2. The zero-order chi connectivity index (χ0) is 16.9. The highest BCUT2D eigenvalue weighted by atomic mass is 28.4. The van der Waals surface area contributed by atoms with Crippen molar-refractivity contribution in [2.75, 3.05) is 13.7 Å². The lowest BCUT2D eigenvalue weighted by Crippen LogP contribution is -2.71. The van der Waals surface area contributed by atoms with E-state index >= 15 is 0 Å². The van der Waals surface area contributed by atoms with Crippen LogP contribution in [0.4, 0.5) is 0 Å². The predicted octanol–water partition coefficient (Wildman–Crippen LogP) is 1.54. The molecule has 7 heteroatoms. The van der Waals surface area contributed by atoms with E-state index in [1.807, 2.05) is 0 Å². The van der Waals surface area contributed by atoms with Gasteiger partial charge in [0.15, 0.2) is 6.29 Å². The minimum Gasteiger partial charge on any atom is -0.391 e. The van der Waals surface area contributed by atoms with Crippen LogP contribution in [-0.2, 0) is 18.3 Å². The molecule has 0 bridgehead atoms. The normalized spacial score (nSPS) is 39.4. The molecule has 2 aliphatic heterocycles. The van der Waals surface area contributed by atoms with E-state index in [0.717, 1.165) is 0 Å². The van der Waals surface area contributed by atoms with Gasteiger partial charge in [0, 0.05) is 17.2 Å². The van der Waals surface area contributed by atoms with Crippen LogP contribution in [0.2, 0.25) is 10.1 Å². The van der Waals surface area contributed by atoms with E-state index in [4.69, 9.17) is 18.3 Å². The summed E-state index contributed by atoms with van der Waals surface area (Å²) in [6.07, 6.45) is -4.07. The second-order valence-corrected chi connectivity index (χ2v) is 13.0. The monoisotopic (exact) mass is 334 g/mol. The predicted molar refractivity (Wildman–Crippen MR) is 83.7 cm³/mol. The molecule has 0 aromatic heterocycles. The maximum absolute atomic E-state index is 10.5. The molecule has 0 saturated carbocycles. The van der Waals surface area contributed by atoms with E-state index in [-0.39, 0.29) is 10.1 Å². The van der Waals surface area contributed by atoms with Crippen molar-refractivity contribution in [2.24, 2.45) is 0 Å². The van der Waals surface area contributed by atoms with Crippen molar-refractivity contribution >= 4 is 8.56 Å². The highest BCUT2D eigenvalue weighted by Crippen LogP contribution is 2.55. The fourth-order valence-corrected chi connectivity index (χ4v) is 8.68. The van der Waals surface area contributed by atoms with Crippen molar-refractivity contribution in [1.82, 2.24) is 0 Å². The summed E-state index contributed by atoms with van der Waals surface area (Å²) in [7, 11) is -1.25. The molecule has 2 N–H and O–H groups in total. The first-order chi connectivity index (χ1) is 9.94. The Morgan fingerprint density at radius 2 is 1.55 bits per heavy atom. The largest absolute Gasteiger partial charge is 0.391 e. The number of rotatable bonds is 1. The zero-order valence-corrected chi connectivity index (χ0v) is 15.6. The standard InChI is InChI=1S/C15H30O6Si/c1-14(2,3)22(15(4,5)6)19-8-9-12(21-22)10(16)11(17)13(18-7)20-9/h9-13,16-17H,8H2,1-7H3/t9-,10-,11-,12+,13-/m1/s1. The molecule has 2 saturated heterocycles. The summed E-state index contributed by atoms with van der Waals surface area (Å²) in [4.78, 5) is 0. The van der Waals surface area contributed by atoms with Gasteiger partial charge < -0.3 is 28.5 Å². The lowest BCUT2D eigenvalue weighted by Gasteiger charge is -2.57. The van der Waals surface area contributed by atoms with Gasteiger partial charge in [0.1, 0.15) is 24.4 Å². The molecular formula is C15H30O6Si. The Morgan fingerprint density at radius 1 is 1.00 bits per heavy atom. The SMILES string of the molecule is CO[C@@H]1O[C@@H]2CO[Si](C(C)(C)C)(C(C)(C)C)O[C@@H]2[C@H](O)[C@H]1O. The Hall–Kier alpha value is -0.0231. The molecule has 2 aliphatic rings. The maximum Gasteiger partial charge on any atom is 0.349 e. The molecule has 2 rings (SSSR count). The molecule has 22 heavy (non-hydrogen) atoms. The van der Waals surface area contributed by atoms with Crippen molar-refractivity contribution < 1.29 is 28.5 Å². The Kier molecular flexibility index (Phi) is 4.83. The van der Waals surface area contributed by atoms with Crippen molar-refractivity contribution in [3.63, 3.8) is 0 Å². The molecule has 0 aromatic rings. The molecule has 6 nitrogen and oxygen atoms in total. The van der Waals surface area contributed by atoms with E-state index in [9.17, 15) is 10.2 Å². The first kappa shape index (κ1) is 18.3. The fourth-order valence-electron chi connectivity index (χ4n) is 3.72. The van der Waals surface area contributed by atoms with Crippen molar-refractivity contribution in [3.05, 3.63) is 0 Å². The lowest BCUT2D eigenvalue weighted by molar-refractivity contribution is -0.302. The number of fused-ring (bicyclic) bond motifs is 1. The first-order valence-electron chi connectivity index (χ1n) is 7.81. The summed E-state index contributed by atoms with van der Waals surface area (Å²) >= 11 is 0. The van der Waals surface area contributed by atoms with Gasteiger partial charge in [-0.25, -0.2) is 0 Å². The summed E-state index contributed by atoms with van der Waals surface area (Å²) < 4.78 is 23.5. The number of hydrogen-bond donors (Lipinski definition) is 2. The van der Waals surface area contributed by atoms with Crippen LogP contribution in [0.5, 0.6) is 0 Å². The van der Waals surface area contributed by atoms with Gasteiger partial charge in [0.25, 0.3) is 0 Å². The van der Waals surface area contributed by atoms with Crippen molar-refractivity contribution in [2.45, 2.75) is 82.3 Å². The third kappa shape index (κ3) is 2.77. The van der Waals surface area contributed by atoms with Gasteiger partial charge in [-0.1, -0.05) is 41.5 Å². The van der Waals surface area contributed by atoms with Gasteiger partial charge in [-0.3, -0.25) is 0 Å². The number of methoxy groups -OCH3 is 1. The van der Waals surface area contributed by atoms with Crippen LogP contribution in [0.1, 0.15) is 41.5 Å². The second kappa shape index (κ2) is 5.80. The third-order valence-corrected chi connectivity index (χ3v) is 9.73. The second-order valence-electron chi connectivity index (χ2n) is 8.27. The molecule has 2 heterocycles. The van der Waals surface area contributed by atoms with Gasteiger partial charge in [-0.15, -0.1) is 0 Å². The van der Waals surface area contributed by atoms with E-state index in [2.05, 4.69) is 41.5 Å². The minimum absolute atomic E-state index is 0.182. The molecule has 130 valence electrons. The summed E-state index contributed by atoms with van der Waals surface area (Å²) in [6, 6.07) is 0. The Morgan fingerprint density at radius 3 is 2.00 bits per heavy atom. The van der Waals surface area contributed by atoms with Crippen molar-refractivity contribution in [1.29, 1.82) is 0 Å². The van der Waals surface area contributed by atoms with Gasteiger partial charge in [0.2, 0.25) is 0 Å². The number of hydrogen-bond acceptors (Lipinski definition) is 6. The maximum atomic E-state index is 10.5. The summed E-state index contributed by atoms with van der Waals surface area (Å²) in [5.74, 6) is 0. The quantitative estimate of drug-likeness (QED) is 0.708. The smallest absolute Gasteiger partial charge is 0.349 e. The molecule has 0 spiro atoms. The van der Waals surface area contributed by atoms with Crippen LogP contribution in [0, 0.1) is 0 Å². The molecular weight excluding hydrogens is 304 g/mol. The molecule has 0 unspecified atom stereocenters. The third-order valence-electron chi connectivity index (χ3n) is 4.60. The highest BCUT2D eigenvalue weighted by Gasteiger charge is 2.64. The van der Waals surface area contributed by atoms with Gasteiger partial charge in [-0.05, 0) is 0 Å². The Labute approximate surface area is 134 Å². The van der Waals surface area contributed by atoms with Crippen LogP contribution in [-0.4, -0.2) is 63.2 Å². The minimum atomic E-state index is -2.69. The summed E-state index contributed by atoms with van der Waals surface area (Å²) in [6.45, 7) is 13.0. The number of aliphatic hydroxyl groups excluding tert-OH is 2. The van der Waals surface area contributed by atoms with E-state index in [1.54, 1.807) is 0 Å². The zero-order valence-electron chi connectivity index (χ0n) is 14.6. The fraction of sp³-hybridized carbons (Fsp3) is 1.00. The lowest BCUT2D eigenvalue weighted by atomic mass is 9.99. The van der Waals surface area contributed by atoms with Crippen molar-refractivity contribution in [3.8, 4) is 0 Å². The Bertz CT molecular complexity index is 386. The van der Waals surface area contributed by atoms with Gasteiger partial charge in [-0.2, -0.15) is 0 Å². The topological polar surface area (TPSA) is 77.4 Å². The van der Waals surface area contributed by atoms with Crippen LogP contribution in [0.25, 0.3) is 0 Å². The number of aliphatic hydroxyl groups is 2. The molecule has 0 amide bonds. The van der Waals surface area contributed by atoms with Gasteiger partial charge >= 0.3 is 8.56 Å². The average Bonchev–Trinajstić information content (AvgIpc) is 2.39. The van der Waals surface area contributed by atoms with Gasteiger partial charge in [0.05, 0.1) is 6.61 Å². The van der Waals surface area contributed by atoms with Crippen LogP contribution in [0.15, 0.2) is 0 Å². The van der Waals surface area contributed by atoms with E-state index < -0.39 is 39.3 Å². The average molecular weight is 334 g/mol. The molecule has 0 radical (unpaired) electrons. The Balaban J connectivity index is 2.32. The molecule has 0 aromatic carbocycles. The molecule has 5 atom stereocenters. The van der Waals surface area contributed by atoms with Crippen LogP contribution in [0.3, 0.4) is 0 Å². The first-order valence-corrected chi connectivity index (χ1v) is 9.62.